The van der Waals surface area contributed by atoms with Gasteiger partial charge in [0.15, 0.2) is 9.84 Å². The Morgan fingerprint density at radius 2 is 2.05 bits per heavy atom. The first-order valence-electron chi connectivity index (χ1n) is 7.01. The third kappa shape index (κ3) is 5.77. The Morgan fingerprint density at radius 1 is 1.37 bits per heavy atom. The standard InChI is InChI=1S/C13H28N2O3S/c1-11(2)7-14-8-13(9-18-4)15-5-6-19(16,17)10-12(15)3/h11-14H,5-10H2,1-4H3. The number of nitrogens with one attached hydrogen (secondary N) is 1. The van der Waals surface area contributed by atoms with E-state index in [1.54, 1.807) is 7.11 Å². The molecule has 1 fully saturated rings. The zero-order valence-electron chi connectivity index (χ0n) is 12.6. The van der Waals surface area contributed by atoms with Crippen LogP contribution in [0.15, 0.2) is 0 Å². The summed E-state index contributed by atoms with van der Waals surface area (Å²) >= 11 is 0. The van der Waals surface area contributed by atoms with E-state index in [1.165, 1.54) is 0 Å². The predicted octanol–water partition coefficient (Wildman–Crippen LogP) is 0.366. The Balaban J connectivity index is 2.55. The van der Waals surface area contributed by atoms with Crippen LogP contribution in [0.2, 0.25) is 0 Å². The van der Waals surface area contributed by atoms with Gasteiger partial charge in [0.2, 0.25) is 0 Å². The highest BCUT2D eigenvalue weighted by Gasteiger charge is 2.32. The van der Waals surface area contributed by atoms with E-state index in [2.05, 4.69) is 24.1 Å². The zero-order chi connectivity index (χ0) is 14.5. The minimum absolute atomic E-state index is 0.0692. The highest BCUT2D eigenvalue weighted by atomic mass is 32.2. The number of sulfone groups is 1. The topological polar surface area (TPSA) is 58.6 Å². The molecule has 0 aromatic rings. The van der Waals surface area contributed by atoms with Crippen LogP contribution in [0.1, 0.15) is 20.8 Å². The summed E-state index contributed by atoms with van der Waals surface area (Å²) in [5.41, 5.74) is 0. The van der Waals surface area contributed by atoms with E-state index in [0.717, 1.165) is 13.1 Å². The largest absolute Gasteiger partial charge is 0.383 e. The van der Waals surface area contributed by atoms with E-state index in [1.807, 2.05) is 6.92 Å². The fourth-order valence-corrected chi connectivity index (χ4v) is 4.14. The van der Waals surface area contributed by atoms with E-state index >= 15 is 0 Å². The van der Waals surface area contributed by atoms with Gasteiger partial charge >= 0.3 is 0 Å². The molecule has 114 valence electrons. The van der Waals surface area contributed by atoms with Gasteiger partial charge in [0.05, 0.1) is 18.1 Å². The monoisotopic (exact) mass is 292 g/mol. The average molecular weight is 292 g/mol. The van der Waals surface area contributed by atoms with Crippen LogP contribution < -0.4 is 5.32 Å². The van der Waals surface area contributed by atoms with E-state index < -0.39 is 9.84 Å². The van der Waals surface area contributed by atoms with Gasteiger partial charge in [0.1, 0.15) is 0 Å². The summed E-state index contributed by atoms with van der Waals surface area (Å²) in [7, 11) is -1.15. The minimum Gasteiger partial charge on any atom is -0.383 e. The molecule has 1 heterocycles. The van der Waals surface area contributed by atoms with Crippen LogP contribution >= 0.6 is 0 Å². The number of rotatable bonds is 7. The van der Waals surface area contributed by atoms with Crippen molar-refractivity contribution in [3.05, 3.63) is 0 Å². The van der Waals surface area contributed by atoms with Gasteiger partial charge in [-0.1, -0.05) is 13.8 Å². The number of ether oxygens (including phenoxy) is 1. The van der Waals surface area contributed by atoms with Crippen molar-refractivity contribution in [2.75, 3.05) is 44.9 Å². The second-order valence-electron chi connectivity index (χ2n) is 5.86. The fraction of sp³-hybridized carbons (Fsp3) is 1.00. The summed E-state index contributed by atoms with van der Waals surface area (Å²) in [6, 6.07) is 0.314. The smallest absolute Gasteiger partial charge is 0.153 e. The van der Waals surface area contributed by atoms with Crippen molar-refractivity contribution in [3.63, 3.8) is 0 Å². The highest BCUT2D eigenvalue weighted by molar-refractivity contribution is 7.91. The van der Waals surface area contributed by atoms with E-state index in [9.17, 15) is 8.42 Å². The van der Waals surface area contributed by atoms with Crippen LogP contribution in [0.4, 0.5) is 0 Å². The summed E-state index contributed by atoms with van der Waals surface area (Å²) in [5, 5.41) is 3.44. The number of hydrogen-bond donors (Lipinski definition) is 1. The Morgan fingerprint density at radius 3 is 2.58 bits per heavy atom. The highest BCUT2D eigenvalue weighted by Crippen LogP contribution is 2.15. The van der Waals surface area contributed by atoms with Crippen LogP contribution in [0.3, 0.4) is 0 Å². The Hall–Kier alpha value is -0.170. The van der Waals surface area contributed by atoms with Crippen molar-refractivity contribution in [1.82, 2.24) is 10.2 Å². The van der Waals surface area contributed by atoms with E-state index in [4.69, 9.17) is 4.74 Å². The molecule has 0 saturated carbocycles. The third-order valence-electron chi connectivity index (χ3n) is 3.48. The molecule has 0 amide bonds. The molecular formula is C13H28N2O3S. The Labute approximate surface area is 117 Å². The molecule has 19 heavy (non-hydrogen) atoms. The summed E-state index contributed by atoms with van der Waals surface area (Å²) in [4.78, 5) is 2.26. The summed E-state index contributed by atoms with van der Waals surface area (Å²) in [5.74, 6) is 1.14. The van der Waals surface area contributed by atoms with Gasteiger partial charge in [-0.15, -0.1) is 0 Å². The Kier molecular flexibility index (Phi) is 6.73. The number of nitrogens with zero attached hydrogens (tertiary/aromatic N) is 1. The molecule has 2 unspecified atom stereocenters. The van der Waals surface area contributed by atoms with Crippen molar-refractivity contribution in [2.45, 2.75) is 32.9 Å². The quantitative estimate of drug-likeness (QED) is 0.734. The maximum absolute atomic E-state index is 11.6. The number of hydrogen-bond acceptors (Lipinski definition) is 5. The van der Waals surface area contributed by atoms with Gasteiger partial charge < -0.3 is 10.1 Å². The average Bonchev–Trinajstić information content (AvgIpc) is 2.26. The van der Waals surface area contributed by atoms with Crippen molar-refractivity contribution < 1.29 is 13.2 Å². The lowest BCUT2D eigenvalue weighted by molar-refractivity contribution is 0.0713. The van der Waals surface area contributed by atoms with Gasteiger partial charge in [0, 0.05) is 32.3 Å². The molecule has 1 saturated heterocycles. The molecule has 0 spiro atoms. The third-order valence-corrected chi connectivity index (χ3v) is 5.28. The number of methoxy groups -OCH3 is 1. The second-order valence-corrected chi connectivity index (χ2v) is 8.09. The van der Waals surface area contributed by atoms with Crippen LogP contribution in [0, 0.1) is 5.92 Å². The molecule has 0 aliphatic carbocycles. The molecule has 0 aromatic heterocycles. The van der Waals surface area contributed by atoms with Gasteiger partial charge in [-0.2, -0.15) is 0 Å². The lowest BCUT2D eigenvalue weighted by Crippen LogP contribution is -2.56. The Bertz CT molecular complexity index is 357. The van der Waals surface area contributed by atoms with E-state index in [-0.39, 0.29) is 23.6 Å². The van der Waals surface area contributed by atoms with Crippen LogP contribution in [0.5, 0.6) is 0 Å². The lowest BCUT2D eigenvalue weighted by atomic mass is 10.1. The van der Waals surface area contributed by atoms with Crippen molar-refractivity contribution in [2.24, 2.45) is 5.92 Å². The fourth-order valence-electron chi connectivity index (χ4n) is 2.56. The first kappa shape index (κ1) is 16.9. The van der Waals surface area contributed by atoms with Crippen LogP contribution in [-0.4, -0.2) is 70.3 Å². The molecule has 5 nitrogen and oxygen atoms in total. The maximum Gasteiger partial charge on any atom is 0.153 e. The molecule has 0 aromatic carbocycles. The first-order valence-corrected chi connectivity index (χ1v) is 8.83. The lowest BCUT2D eigenvalue weighted by Gasteiger charge is -2.39. The SMILES string of the molecule is COCC(CNCC(C)C)N1CCS(=O)(=O)CC1C. The van der Waals surface area contributed by atoms with Crippen molar-refractivity contribution in [3.8, 4) is 0 Å². The molecule has 1 aliphatic heterocycles. The van der Waals surface area contributed by atoms with Gasteiger partial charge in [-0.3, -0.25) is 4.90 Å². The molecule has 1 rings (SSSR count). The van der Waals surface area contributed by atoms with Crippen LogP contribution in [0.25, 0.3) is 0 Å². The maximum atomic E-state index is 11.6. The summed E-state index contributed by atoms with van der Waals surface area (Å²) in [6.45, 7) is 9.40. The minimum atomic E-state index is -2.85. The zero-order valence-corrected chi connectivity index (χ0v) is 13.4. The molecular weight excluding hydrogens is 264 g/mol. The van der Waals surface area contributed by atoms with Gasteiger partial charge in [-0.25, -0.2) is 8.42 Å². The van der Waals surface area contributed by atoms with Crippen molar-refractivity contribution in [1.29, 1.82) is 0 Å². The molecule has 0 bridgehead atoms. The summed E-state index contributed by atoms with van der Waals surface area (Å²) < 4.78 is 28.5. The molecule has 6 heteroatoms. The molecule has 1 N–H and O–H groups in total. The van der Waals surface area contributed by atoms with Crippen LogP contribution in [-0.2, 0) is 14.6 Å². The second kappa shape index (κ2) is 7.57. The predicted molar refractivity (Wildman–Crippen MR) is 78.2 cm³/mol. The summed E-state index contributed by atoms with van der Waals surface area (Å²) in [6.07, 6.45) is 0. The molecule has 0 radical (unpaired) electrons. The van der Waals surface area contributed by atoms with E-state index in [0.29, 0.717) is 19.1 Å². The molecule has 1 aliphatic rings. The van der Waals surface area contributed by atoms with Crippen molar-refractivity contribution >= 4 is 9.84 Å². The first-order chi connectivity index (χ1) is 8.85. The van der Waals surface area contributed by atoms with Gasteiger partial charge in [0.25, 0.3) is 0 Å². The molecule has 2 atom stereocenters. The normalized spacial score (nSPS) is 25.6. The van der Waals surface area contributed by atoms with Gasteiger partial charge in [-0.05, 0) is 19.4 Å².